The molecule has 152 valence electrons. The van der Waals surface area contributed by atoms with Gasteiger partial charge in [0, 0.05) is 18.7 Å². The molecular formula is C24H28N2O3. The molecule has 2 aliphatic rings. The minimum absolute atomic E-state index is 0.0339. The van der Waals surface area contributed by atoms with Crippen molar-refractivity contribution >= 4 is 17.5 Å². The average molecular weight is 392 g/mol. The van der Waals surface area contributed by atoms with Crippen molar-refractivity contribution in [2.75, 3.05) is 18.0 Å². The van der Waals surface area contributed by atoms with Gasteiger partial charge in [-0.25, -0.2) is 0 Å². The highest BCUT2D eigenvalue weighted by molar-refractivity contribution is 6.04. The number of benzene rings is 2. The van der Waals surface area contributed by atoms with E-state index in [-0.39, 0.29) is 11.8 Å². The molecular weight excluding hydrogens is 364 g/mol. The molecule has 1 fully saturated rings. The van der Waals surface area contributed by atoms with Gasteiger partial charge in [-0.15, -0.1) is 0 Å². The van der Waals surface area contributed by atoms with Crippen LogP contribution < -0.4 is 9.64 Å². The number of fused-ring (bicyclic) bond motifs is 1. The van der Waals surface area contributed by atoms with E-state index < -0.39 is 5.60 Å². The number of carbonyl (C=O) groups excluding carboxylic acids is 2. The predicted molar refractivity (Wildman–Crippen MR) is 113 cm³/mol. The van der Waals surface area contributed by atoms with E-state index in [0.29, 0.717) is 23.5 Å². The third-order valence-electron chi connectivity index (χ3n) is 5.70. The van der Waals surface area contributed by atoms with Crippen LogP contribution in [0.1, 0.15) is 55.5 Å². The molecule has 0 aromatic heterocycles. The van der Waals surface area contributed by atoms with Crippen molar-refractivity contribution < 1.29 is 14.3 Å². The van der Waals surface area contributed by atoms with Crippen molar-refractivity contribution in [2.24, 2.45) is 0 Å². The van der Waals surface area contributed by atoms with Crippen LogP contribution >= 0.6 is 0 Å². The van der Waals surface area contributed by atoms with Crippen molar-refractivity contribution in [3.8, 4) is 5.75 Å². The number of likely N-dealkylation sites (tertiary alicyclic amines) is 1. The van der Waals surface area contributed by atoms with Crippen molar-refractivity contribution in [2.45, 2.75) is 51.7 Å². The lowest BCUT2D eigenvalue weighted by molar-refractivity contribution is -0.132. The average Bonchev–Trinajstić information content (AvgIpc) is 3.01. The Bertz CT molecular complexity index is 900. The molecule has 2 amide bonds. The monoisotopic (exact) mass is 392 g/mol. The zero-order valence-corrected chi connectivity index (χ0v) is 17.2. The molecule has 0 atom stereocenters. The third-order valence-corrected chi connectivity index (χ3v) is 5.70. The molecule has 0 bridgehead atoms. The molecule has 0 saturated carbocycles. The van der Waals surface area contributed by atoms with Gasteiger partial charge in [-0.05, 0) is 50.5 Å². The van der Waals surface area contributed by atoms with E-state index in [1.807, 2.05) is 53.4 Å². The minimum atomic E-state index is -0.946. The molecule has 0 radical (unpaired) electrons. The summed E-state index contributed by atoms with van der Waals surface area (Å²) in [5.74, 6) is 0.567. The summed E-state index contributed by atoms with van der Waals surface area (Å²) >= 11 is 0. The topological polar surface area (TPSA) is 49.9 Å². The summed E-state index contributed by atoms with van der Waals surface area (Å²) < 4.78 is 5.98. The Kier molecular flexibility index (Phi) is 5.31. The number of anilines is 1. The van der Waals surface area contributed by atoms with Gasteiger partial charge in [0.25, 0.3) is 11.8 Å². The van der Waals surface area contributed by atoms with Gasteiger partial charge in [-0.3, -0.25) is 9.59 Å². The van der Waals surface area contributed by atoms with E-state index in [9.17, 15) is 9.59 Å². The highest BCUT2D eigenvalue weighted by atomic mass is 16.5. The number of rotatable bonds is 3. The van der Waals surface area contributed by atoms with Crippen LogP contribution in [0.15, 0.2) is 48.5 Å². The number of nitrogens with zero attached hydrogens (tertiary/aromatic N) is 2. The second-order valence-corrected chi connectivity index (χ2v) is 8.38. The van der Waals surface area contributed by atoms with E-state index in [4.69, 9.17) is 4.74 Å². The first kappa shape index (κ1) is 19.5. The lowest BCUT2D eigenvalue weighted by Crippen LogP contribution is -2.52. The molecule has 0 spiro atoms. The maximum Gasteiger partial charge on any atom is 0.271 e. The van der Waals surface area contributed by atoms with Crippen LogP contribution in [0.5, 0.6) is 5.75 Å². The van der Waals surface area contributed by atoms with E-state index in [2.05, 4.69) is 0 Å². The predicted octanol–water partition coefficient (Wildman–Crippen LogP) is 4.41. The zero-order valence-electron chi connectivity index (χ0n) is 17.2. The summed E-state index contributed by atoms with van der Waals surface area (Å²) in [6.07, 6.45) is 4.45. The van der Waals surface area contributed by atoms with Crippen LogP contribution in [0.3, 0.4) is 0 Å². The van der Waals surface area contributed by atoms with Crippen molar-refractivity contribution in [1.29, 1.82) is 0 Å². The number of ether oxygens (including phenoxy) is 1. The molecule has 2 heterocycles. The zero-order chi connectivity index (χ0) is 20.4. The first-order valence-electron chi connectivity index (χ1n) is 10.4. The van der Waals surface area contributed by atoms with Crippen LogP contribution in [0.2, 0.25) is 0 Å². The van der Waals surface area contributed by atoms with Crippen LogP contribution in [0.4, 0.5) is 5.69 Å². The fourth-order valence-electron chi connectivity index (χ4n) is 4.08. The van der Waals surface area contributed by atoms with Gasteiger partial charge in [-0.2, -0.15) is 0 Å². The van der Waals surface area contributed by atoms with Crippen LogP contribution in [0.25, 0.3) is 0 Å². The molecule has 0 aliphatic carbocycles. The number of hydrogen-bond acceptors (Lipinski definition) is 3. The quantitative estimate of drug-likeness (QED) is 0.778. The number of carbonyl (C=O) groups is 2. The fourth-order valence-corrected chi connectivity index (χ4v) is 4.08. The Balaban J connectivity index is 1.68. The third kappa shape index (κ3) is 4.00. The van der Waals surface area contributed by atoms with Crippen molar-refractivity contribution in [1.82, 2.24) is 4.90 Å². The fraction of sp³-hybridized carbons (Fsp3) is 0.417. The lowest BCUT2D eigenvalue weighted by atomic mass is 10.0. The Hall–Kier alpha value is -2.82. The van der Waals surface area contributed by atoms with E-state index in [1.54, 1.807) is 18.7 Å². The number of hydrogen-bond donors (Lipinski definition) is 0. The molecule has 2 aromatic carbocycles. The van der Waals surface area contributed by atoms with Crippen LogP contribution in [0, 0.1) is 0 Å². The Labute approximate surface area is 172 Å². The Morgan fingerprint density at radius 1 is 1.00 bits per heavy atom. The van der Waals surface area contributed by atoms with Gasteiger partial charge >= 0.3 is 0 Å². The second kappa shape index (κ2) is 7.90. The largest absolute Gasteiger partial charge is 0.476 e. The molecule has 0 N–H and O–H groups in total. The highest BCUT2D eigenvalue weighted by Gasteiger charge is 2.41. The first-order chi connectivity index (χ1) is 14.0. The van der Waals surface area contributed by atoms with Gasteiger partial charge < -0.3 is 14.5 Å². The van der Waals surface area contributed by atoms with Gasteiger partial charge in [-0.1, -0.05) is 43.2 Å². The summed E-state index contributed by atoms with van der Waals surface area (Å²) in [5, 5.41) is 0. The van der Waals surface area contributed by atoms with Gasteiger partial charge in [0.15, 0.2) is 5.60 Å². The van der Waals surface area contributed by atoms with Crippen LogP contribution in [-0.2, 0) is 11.3 Å². The first-order valence-corrected chi connectivity index (χ1v) is 10.4. The van der Waals surface area contributed by atoms with Crippen LogP contribution in [-0.4, -0.2) is 35.4 Å². The van der Waals surface area contributed by atoms with Gasteiger partial charge in [0.05, 0.1) is 12.2 Å². The summed E-state index contributed by atoms with van der Waals surface area (Å²) in [5.41, 5.74) is 1.37. The minimum Gasteiger partial charge on any atom is -0.476 e. The normalized spacial score (nSPS) is 18.6. The SMILES string of the molecule is CC1(C)Oc2ccc(C(=O)N3CCCCCC3)cc2N(Cc2ccccc2)C1=O. The summed E-state index contributed by atoms with van der Waals surface area (Å²) in [4.78, 5) is 29.9. The lowest BCUT2D eigenvalue weighted by Gasteiger charge is -2.39. The Morgan fingerprint density at radius 2 is 1.69 bits per heavy atom. The van der Waals surface area contributed by atoms with E-state index >= 15 is 0 Å². The molecule has 5 heteroatoms. The molecule has 2 aliphatic heterocycles. The second-order valence-electron chi connectivity index (χ2n) is 8.38. The molecule has 4 rings (SSSR count). The smallest absolute Gasteiger partial charge is 0.271 e. The molecule has 2 aromatic rings. The maximum atomic E-state index is 13.1. The van der Waals surface area contributed by atoms with E-state index in [1.165, 1.54) is 12.8 Å². The Morgan fingerprint density at radius 3 is 2.38 bits per heavy atom. The number of amides is 2. The van der Waals surface area contributed by atoms with Crippen molar-refractivity contribution in [3.05, 3.63) is 59.7 Å². The van der Waals surface area contributed by atoms with Crippen molar-refractivity contribution in [3.63, 3.8) is 0 Å². The maximum absolute atomic E-state index is 13.1. The summed E-state index contributed by atoms with van der Waals surface area (Å²) in [6.45, 7) is 5.61. The van der Waals surface area contributed by atoms with E-state index in [0.717, 1.165) is 31.5 Å². The highest BCUT2D eigenvalue weighted by Crippen LogP contribution is 2.39. The summed E-state index contributed by atoms with van der Waals surface area (Å²) in [7, 11) is 0. The molecule has 29 heavy (non-hydrogen) atoms. The molecule has 1 saturated heterocycles. The molecule has 5 nitrogen and oxygen atoms in total. The molecule has 0 unspecified atom stereocenters. The summed E-state index contributed by atoms with van der Waals surface area (Å²) in [6, 6.07) is 15.4. The standard InChI is InChI=1S/C24H28N2O3/c1-24(2)23(28)26(17-18-10-6-5-7-11-18)20-16-19(12-13-21(20)29-24)22(27)25-14-8-3-4-9-15-25/h5-7,10-13,16H,3-4,8-9,14-15,17H2,1-2H3. The van der Waals surface area contributed by atoms with Gasteiger partial charge in [0.2, 0.25) is 0 Å². The van der Waals surface area contributed by atoms with Gasteiger partial charge in [0.1, 0.15) is 5.75 Å².